The standard InChI is InChI=1S/C16H17BrN2O/c1-10-3-6-12(7-4-10)15(18)16(20)19-14-9-13(17)8-5-11(14)2/h3-9,15H,18H2,1-2H3,(H,19,20). The van der Waals surface area contributed by atoms with Crippen molar-refractivity contribution in [3.05, 3.63) is 63.6 Å². The number of aryl methyl sites for hydroxylation is 2. The summed E-state index contributed by atoms with van der Waals surface area (Å²) < 4.78 is 0.919. The van der Waals surface area contributed by atoms with E-state index in [9.17, 15) is 4.79 Å². The molecule has 0 aliphatic heterocycles. The zero-order valence-corrected chi connectivity index (χ0v) is 13.1. The first-order valence-electron chi connectivity index (χ1n) is 6.36. The Balaban J connectivity index is 2.15. The molecule has 104 valence electrons. The van der Waals surface area contributed by atoms with Crippen LogP contribution in [-0.4, -0.2) is 5.91 Å². The smallest absolute Gasteiger partial charge is 0.245 e. The number of benzene rings is 2. The minimum absolute atomic E-state index is 0.213. The zero-order valence-electron chi connectivity index (χ0n) is 11.5. The van der Waals surface area contributed by atoms with Gasteiger partial charge in [-0.25, -0.2) is 0 Å². The van der Waals surface area contributed by atoms with Crippen molar-refractivity contribution >= 4 is 27.5 Å². The normalized spacial score (nSPS) is 12.0. The molecular weight excluding hydrogens is 316 g/mol. The minimum Gasteiger partial charge on any atom is -0.324 e. The number of carbonyl (C=O) groups is 1. The van der Waals surface area contributed by atoms with E-state index in [1.165, 1.54) is 0 Å². The number of hydrogen-bond acceptors (Lipinski definition) is 2. The fourth-order valence-electron chi connectivity index (χ4n) is 1.86. The molecule has 0 aliphatic rings. The van der Waals surface area contributed by atoms with Gasteiger partial charge >= 0.3 is 0 Å². The topological polar surface area (TPSA) is 55.1 Å². The van der Waals surface area contributed by atoms with E-state index >= 15 is 0 Å². The van der Waals surface area contributed by atoms with Gasteiger partial charge in [0.25, 0.3) is 0 Å². The summed E-state index contributed by atoms with van der Waals surface area (Å²) in [6, 6.07) is 12.7. The molecule has 20 heavy (non-hydrogen) atoms. The van der Waals surface area contributed by atoms with Crippen molar-refractivity contribution < 1.29 is 4.79 Å². The lowest BCUT2D eigenvalue weighted by Gasteiger charge is -2.14. The fraction of sp³-hybridized carbons (Fsp3) is 0.188. The Morgan fingerprint density at radius 3 is 2.45 bits per heavy atom. The summed E-state index contributed by atoms with van der Waals surface area (Å²) >= 11 is 3.39. The molecule has 4 heteroatoms. The molecule has 1 atom stereocenters. The first kappa shape index (κ1) is 14.8. The van der Waals surface area contributed by atoms with Gasteiger partial charge in [-0.3, -0.25) is 4.79 Å². The summed E-state index contributed by atoms with van der Waals surface area (Å²) in [5.74, 6) is -0.213. The molecule has 1 amide bonds. The molecule has 0 radical (unpaired) electrons. The molecule has 0 fully saturated rings. The predicted molar refractivity (Wildman–Crippen MR) is 85.6 cm³/mol. The number of nitrogens with two attached hydrogens (primary N) is 1. The Kier molecular flexibility index (Phi) is 4.57. The average molecular weight is 333 g/mol. The van der Waals surface area contributed by atoms with Crippen LogP contribution in [0.2, 0.25) is 0 Å². The van der Waals surface area contributed by atoms with Gasteiger partial charge in [-0.05, 0) is 37.1 Å². The molecular formula is C16H17BrN2O. The van der Waals surface area contributed by atoms with Gasteiger partial charge in [-0.2, -0.15) is 0 Å². The van der Waals surface area contributed by atoms with Crippen LogP contribution in [0.4, 0.5) is 5.69 Å². The van der Waals surface area contributed by atoms with Gasteiger partial charge in [-0.1, -0.05) is 51.8 Å². The highest BCUT2D eigenvalue weighted by Crippen LogP contribution is 2.22. The molecule has 3 N–H and O–H groups in total. The molecule has 0 heterocycles. The number of halogens is 1. The van der Waals surface area contributed by atoms with Crippen LogP contribution in [-0.2, 0) is 4.79 Å². The van der Waals surface area contributed by atoms with E-state index in [0.717, 1.165) is 26.9 Å². The molecule has 0 aliphatic carbocycles. The number of amides is 1. The SMILES string of the molecule is Cc1ccc(C(N)C(=O)Nc2cc(Br)ccc2C)cc1. The van der Waals surface area contributed by atoms with Gasteiger partial charge in [-0.15, -0.1) is 0 Å². The zero-order chi connectivity index (χ0) is 14.7. The van der Waals surface area contributed by atoms with Gasteiger partial charge < -0.3 is 11.1 Å². The molecule has 3 nitrogen and oxygen atoms in total. The lowest BCUT2D eigenvalue weighted by atomic mass is 10.0. The van der Waals surface area contributed by atoms with E-state index in [4.69, 9.17) is 5.73 Å². The maximum atomic E-state index is 12.2. The quantitative estimate of drug-likeness (QED) is 0.900. The molecule has 0 spiro atoms. The van der Waals surface area contributed by atoms with Crippen molar-refractivity contribution in [1.29, 1.82) is 0 Å². The van der Waals surface area contributed by atoms with Crippen LogP contribution in [0.25, 0.3) is 0 Å². The van der Waals surface area contributed by atoms with Crippen LogP contribution in [0.1, 0.15) is 22.7 Å². The maximum Gasteiger partial charge on any atom is 0.245 e. The van der Waals surface area contributed by atoms with Crippen molar-refractivity contribution in [2.45, 2.75) is 19.9 Å². The first-order valence-corrected chi connectivity index (χ1v) is 7.16. The summed E-state index contributed by atoms with van der Waals surface area (Å²) in [5.41, 5.74) is 9.72. The van der Waals surface area contributed by atoms with E-state index in [2.05, 4.69) is 21.2 Å². The van der Waals surface area contributed by atoms with Crippen LogP contribution in [0.5, 0.6) is 0 Å². The summed E-state index contributed by atoms with van der Waals surface area (Å²) in [4.78, 5) is 12.2. The molecule has 0 aromatic heterocycles. The van der Waals surface area contributed by atoms with Gasteiger partial charge in [0.2, 0.25) is 5.91 Å². The molecule has 2 aromatic rings. The van der Waals surface area contributed by atoms with Gasteiger partial charge in [0.05, 0.1) is 0 Å². The third-order valence-electron chi connectivity index (χ3n) is 3.18. The second-order valence-corrected chi connectivity index (χ2v) is 5.75. The number of nitrogens with one attached hydrogen (secondary N) is 1. The first-order chi connectivity index (χ1) is 9.47. The van der Waals surface area contributed by atoms with Gasteiger partial charge in [0.15, 0.2) is 0 Å². The third-order valence-corrected chi connectivity index (χ3v) is 3.67. The molecule has 0 saturated carbocycles. The highest BCUT2D eigenvalue weighted by atomic mass is 79.9. The van der Waals surface area contributed by atoms with Crippen LogP contribution < -0.4 is 11.1 Å². The molecule has 0 bridgehead atoms. The Morgan fingerprint density at radius 2 is 1.80 bits per heavy atom. The molecule has 0 saturated heterocycles. The van der Waals surface area contributed by atoms with E-state index in [1.807, 2.05) is 56.3 Å². The highest BCUT2D eigenvalue weighted by molar-refractivity contribution is 9.10. The Morgan fingerprint density at radius 1 is 1.15 bits per heavy atom. The number of carbonyl (C=O) groups excluding carboxylic acids is 1. The third kappa shape index (κ3) is 3.46. The van der Waals surface area contributed by atoms with E-state index in [1.54, 1.807) is 0 Å². The summed E-state index contributed by atoms with van der Waals surface area (Å²) in [6.45, 7) is 3.94. The average Bonchev–Trinajstić information content (AvgIpc) is 2.43. The lowest BCUT2D eigenvalue weighted by molar-refractivity contribution is -0.117. The van der Waals surface area contributed by atoms with Crippen molar-refractivity contribution in [2.75, 3.05) is 5.32 Å². The Bertz CT molecular complexity index is 623. The molecule has 2 rings (SSSR count). The Hall–Kier alpha value is -1.65. The van der Waals surface area contributed by atoms with Crippen LogP contribution in [0.3, 0.4) is 0 Å². The molecule has 1 unspecified atom stereocenters. The van der Waals surface area contributed by atoms with Crippen molar-refractivity contribution in [3.63, 3.8) is 0 Å². The van der Waals surface area contributed by atoms with Crippen LogP contribution in [0.15, 0.2) is 46.9 Å². The number of anilines is 1. The van der Waals surface area contributed by atoms with E-state index in [-0.39, 0.29) is 5.91 Å². The number of rotatable bonds is 3. The van der Waals surface area contributed by atoms with Crippen LogP contribution >= 0.6 is 15.9 Å². The lowest BCUT2D eigenvalue weighted by Crippen LogP contribution is -2.28. The Labute approximate surface area is 127 Å². The predicted octanol–water partition coefficient (Wildman–Crippen LogP) is 3.70. The summed E-state index contributed by atoms with van der Waals surface area (Å²) in [6.07, 6.45) is 0. The highest BCUT2D eigenvalue weighted by Gasteiger charge is 2.16. The van der Waals surface area contributed by atoms with E-state index in [0.29, 0.717) is 0 Å². The van der Waals surface area contributed by atoms with E-state index < -0.39 is 6.04 Å². The van der Waals surface area contributed by atoms with Gasteiger partial charge in [0.1, 0.15) is 6.04 Å². The van der Waals surface area contributed by atoms with Crippen LogP contribution in [0, 0.1) is 13.8 Å². The second kappa shape index (κ2) is 6.20. The fourth-order valence-corrected chi connectivity index (χ4v) is 2.23. The largest absolute Gasteiger partial charge is 0.324 e. The van der Waals surface area contributed by atoms with Crippen molar-refractivity contribution in [1.82, 2.24) is 0 Å². The second-order valence-electron chi connectivity index (χ2n) is 4.84. The molecule has 2 aromatic carbocycles. The van der Waals surface area contributed by atoms with Gasteiger partial charge in [0, 0.05) is 10.2 Å². The maximum absolute atomic E-state index is 12.2. The number of hydrogen-bond donors (Lipinski definition) is 2. The minimum atomic E-state index is -0.672. The summed E-state index contributed by atoms with van der Waals surface area (Å²) in [5, 5.41) is 2.87. The summed E-state index contributed by atoms with van der Waals surface area (Å²) in [7, 11) is 0. The van der Waals surface area contributed by atoms with Crippen molar-refractivity contribution in [2.24, 2.45) is 5.73 Å². The van der Waals surface area contributed by atoms with Crippen molar-refractivity contribution in [3.8, 4) is 0 Å². The monoisotopic (exact) mass is 332 g/mol.